The number of hydrogen-bond donors (Lipinski definition) is 0. The lowest BCUT2D eigenvalue weighted by molar-refractivity contribution is -0.671. The first-order valence-corrected chi connectivity index (χ1v) is 5.65. The SMILES string of the molecule is C[n+]1ccc(CS(C)(=O)=O)cc1.[Cl-]. The molecule has 0 saturated carbocycles. The Morgan fingerprint density at radius 2 is 1.77 bits per heavy atom. The largest absolute Gasteiger partial charge is 1.00 e. The van der Waals surface area contributed by atoms with Crippen LogP contribution < -0.4 is 17.0 Å². The summed E-state index contributed by atoms with van der Waals surface area (Å²) in [6.07, 6.45) is 4.90. The normalized spacial score (nSPS) is 10.6. The maximum Gasteiger partial charge on any atom is 0.168 e. The summed E-state index contributed by atoms with van der Waals surface area (Å²) in [6, 6.07) is 3.61. The van der Waals surface area contributed by atoms with E-state index in [0.717, 1.165) is 5.56 Å². The van der Waals surface area contributed by atoms with Gasteiger partial charge in [-0.25, -0.2) is 13.0 Å². The van der Waals surface area contributed by atoms with E-state index in [4.69, 9.17) is 0 Å². The van der Waals surface area contributed by atoms with Gasteiger partial charge in [0, 0.05) is 18.4 Å². The molecule has 0 spiro atoms. The van der Waals surface area contributed by atoms with Crippen LogP contribution in [0.15, 0.2) is 24.5 Å². The summed E-state index contributed by atoms with van der Waals surface area (Å²) in [5, 5.41) is 0. The van der Waals surface area contributed by atoms with Crippen molar-refractivity contribution in [2.45, 2.75) is 5.75 Å². The molecule has 13 heavy (non-hydrogen) atoms. The highest BCUT2D eigenvalue weighted by molar-refractivity contribution is 7.89. The predicted molar refractivity (Wildman–Crippen MR) is 46.2 cm³/mol. The number of nitrogens with zero attached hydrogens (tertiary/aromatic N) is 1. The number of aromatic nitrogens is 1. The van der Waals surface area contributed by atoms with Gasteiger partial charge in [0.05, 0.1) is 5.75 Å². The molecule has 0 unspecified atom stereocenters. The average molecular weight is 222 g/mol. The van der Waals surface area contributed by atoms with Crippen molar-refractivity contribution in [2.24, 2.45) is 7.05 Å². The third-order valence-electron chi connectivity index (χ3n) is 1.48. The molecular weight excluding hydrogens is 210 g/mol. The molecule has 1 aromatic heterocycles. The molecule has 0 aliphatic heterocycles. The fourth-order valence-electron chi connectivity index (χ4n) is 0.931. The van der Waals surface area contributed by atoms with Crippen molar-refractivity contribution >= 4 is 9.84 Å². The molecule has 1 rings (SSSR count). The molecule has 1 aromatic rings. The maximum absolute atomic E-state index is 10.9. The van der Waals surface area contributed by atoms with Crippen molar-refractivity contribution in [3.05, 3.63) is 30.1 Å². The van der Waals surface area contributed by atoms with Crippen molar-refractivity contribution in [1.29, 1.82) is 0 Å². The second kappa shape index (κ2) is 4.58. The number of pyridine rings is 1. The summed E-state index contributed by atoms with van der Waals surface area (Å²) in [5.74, 6) is 0.119. The van der Waals surface area contributed by atoms with Gasteiger partial charge in [0.25, 0.3) is 0 Å². The van der Waals surface area contributed by atoms with Crippen LogP contribution in [0.4, 0.5) is 0 Å². The molecule has 0 aliphatic carbocycles. The van der Waals surface area contributed by atoms with E-state index in [0.29, 0.717) is 0 Å². The molecule has 5 heteroatoms. The fourth-order valence-corrected chi connectivity index (χ4v) is 1.73. The summed E-state index contributed by atoms with van der Waals surface area (Å²) < 4.78 is 23.6. The van der Waals surface area contributed by atoms with Gasteiger partial charge in [-0.3, -0.25) is 0 Å². The summed E-state index contributed by atoms with van der Waals surface area (Å²) in [7, 11) is -1.01. The lowest BCUT2D eigenvalue weighted by Crippen LogP contribution is -3.00. The zero-order valence-corrected chi connectivity index (χ0v) is 9.14. The third-order valence-corrected chi connectivity index (χ3v) is 2.33. The van der Waals surface area contributed by atoms with E-state index in [9.17, 15) is 8.42 Å². The third kappa shape index (κ3) is 4.85. The van der Waals surface area contributed by atoms with Crippen LogP contribution in [-0.2, 0) is 22.6 Å². The lowest BCUT2D eigenvalue weighted by atomic mass is 10.3. The number of hydrogen-bond acceptors (Lipinski definition) is 2. The second-order valence-corrected chi connectivity index (χ2v) is 5.08. The number of halogens is 1. The fraction of sp³-hybridized carbons (Fsp3) is 0.375. The Labute approximate surface area is 84.7 Å². The van der Waals surface area contributed by atoms with Crippen LogP contribution in [-0.4, -0.2) is 14.7 Å². The van der Waals surface area contributed by atoms with E-state index < -0.39 is 9.84 Å². The van der Waals surface area contributed by atoms with Crippen LogP contribution in [0.5, 0.6) is 0 Å². The van der Waals surface area contributed by atoms with E-state index in [1.807, 2.05) is 24.0 Å². The van der Waals surface area contributed by atoms with Gasteiger partial charge < -0.3 is 12.4 Å². The minimum Gasteiger partial charge on any atom is -1.00 e. The number of sulfone groups is 1. The van der Waals surface area contributed by atoms with E-state index in [-0.39, 0.29) is 18.2 Å². The molecule has 0 amide bonds. The topological polar surface area (TPSA) is 38.0 Å². The molecule has 0 N–H and O–H groups in total. The number of rotatable bonds is 2. The predicted octanol–water partition coefficient (Wildman–Crippen LogP) is -2.94. The lowest BCUT2D eigenvalue weighted by Gasteiger charge is -1.96. The Balaban J connectivity index is 0.00000144. The first kappa shape index (κ1) is 12.4. The highest BCUT2D eigenvalue weighted by Gasteiger charge is 2.04. The van der Waals surface area contributed by atoms with Gasteiger partial charge in [-0.1, -0.05) is 0 Å². The first-order valence-electron chi connectivity index (χ1n) is 3.59. The Hall–Kier alpha value is -0.610. The van der Waals surface area contributed by atoms with Crippen LogP contribution in [0.1, 0.15) is 5.56 Å². The van der Waals surface area contributed by atoms with Crippen molar-refractivity contribution in [3.8, 4) is 0 Å². The minimum absolute atomic E-state index is 0. The average Bonchev–Trinajstić information content (AvgIpc) is 1.91. The highest BCUT2D eigenvalue weighted by Crippen LogP contribution is 2.00. The molecule has 0 atom stereocenters. The molecule has 74 valence electrons. The Morgan fingerprint density at radius 3 is 2.15 bits per heavy atom. The Morgan fingerprint density at radius 1 is 1.31 bits per heavy atom. The van der Waals surface area contributed by atoms with Crippen molar-refractivity contribution in [2.75, 3.05) is 6.26 Å². The number of aryl methyl sites for hydroxylation is 1. The standard InChI is InChI=1S/C8H12NO2S.ClH/c1-9-5-3-8(4-6-9)7-12(2,10)11;/h3-6H,7H2,1-2H3;1H/q+1;/p-1. The van der Waals surface area contributed by atoms with Crippen molar-refractivity contribution in [1.82, 2.24) is 0 Å². The van der Waals surface area contributed by atoms with E-state index >= 15 is 0 Å². The molecule has 3 nitrogen and oxygen atoms in total. The van der Waals surface area contributed by atoms with Gasteiger partial charge in [-0.15, -0.1) is 0 Å². The molecule has 0 bridgehead atoms. The Bertz CT molecular complexity index is 358. The monoisotopic (exact) mass is 221 g/mol. The molecule has 1 heterocycles. The van der Waals surface area contributed by atoms with Gasteiger partial charge in [0.15, 0.2) is 22.2 Å². The van der Waals surface area contributed by atoms with Crippen LogP contribution in [0.2, 0.25) is 0 Å². The summed E-state index contributed by atoms with van der Waals surface area (Å²) >= 11 is 0. The van der Waals surface area contributed by atoms with Crippen LogP contribution in [0, 0.1) is 0 Å². The summed E-state index contributed by atoms with van der Waals surface area (Å²) in [4.78, 5) is 0. The van der Waals surface area contributed by atoms with E-state index in [1.54, 1.807) is 12.1 Å². The maximum atomic E-state index is 10.9. The van der Waals surface area contributed by atoms with Gasteiger partial charge in [0.2, 0.25) is 0 Å². The van der Waals surface area contributed by atoms with Gasteiger partial charge in [0.1, 0.15) is 7.05 Å². The highest BCUT2D eigenvalue weighted by atomic mass is 35.5. The van der Waals surface area contributed by atoms with E-state index in [1.165, 1.54) is 6.26 Å². The zero-order valence-electron chi connectivity index (χ0n) is 7.57. The van der Waals surface area contributed by atoms with Gasteiger partial charge >= 0.3 is 0 Å². The first-order chi connectivity index (χ1) is 5.47. The smallest absolute Gasteiger partial charge is 0.168 e. The summed E-state index contributed by atoms with van der Waals surface area (Å²) in [6.45, 7) is 0. The van der Waals surface area contributed by atoms with Gasteiger partial charge in [-0.2, -0.15) is 0 Å². The molecule has 0 radical (unpaired) electrons. The van der Waals surface area contributed by atoms with Gasteiger partial charge in [-0.05, 0) is 5.56 Å². The zero-order chi connectivity index (χ0) is 9.19. The van der Waals surface area contributed by atoms with Crippen LogP contribution >= 0.6 is 0 Å². The quantitative estimate of drug-likeness (QED) is 0.502. The molecule has 0 aliphatic rings. The molecule has 0 aromatic carbocycles. The van der Waals surface area contributed by atoms with Crippen LogP contribution in [0.25, 0.3) is 0 Å². The second-order valence-electron chi connectivity index (χ2n) is 2.94. The minimum atomic E-state index is -2.90. The van der Waals surface area contributed by atoms with Crippen molar-refractivity contribution in [3.63, 3.8) is 0 Å². The molecular formula is C8H12ClNO2S. The van der Waals surface area contributed by atoms with Crippen LogP contribution in [0.3, 0.4) is 0 Å². The molecule has 0 fully saturated rings. The summed E-state index contributed by atoms with van der Waals surface area (Å²) in [5.41, 5.74) is 0.829. The molecule has 0 saturated heterocycles. The Kier molecular flexibility index (Phi) is 4.36. The van der Waals surface area contributed by atoms with Crippen molar-refractivity contribution < 1.29 is 25.4 Å². The van der Waals surface area contributed by atoms with E-state index in [2.05, 4.69) is 0 Å².